The largest absolute Gasteiger partial charge is 0.432 e. The van der Waals surface area contributed by atoms with Crippen molar-refractivity contribution in [2.75, 3.05) is 39.6 Å². The fourth-order valence-corrected chi connectivity index (χ4v) is 15.8. The molecule has 0 spiro atoms. The minimum atomic E-state index is -2.18. The number of thiol groups is 1. The molecular weight excluding hydrogens is 1200 g/mol. The number of carbonyl (C=O) groups is 1. The zero-order chi connectivity index (χ0) is 64.4. The number of ether oxygens (including phenoxy) is 11. The van der Waals surface area contributed by atoms with Crippen molar-refractivity contribution in [1.82, 2.24) is 0 Å². The molecular formula is C55H90O32S. The highest BCUT2D eigenvalue weighted by Gasteiger charge is 2.64. The molecule has 3 aliphatic carbocycles. The van der Waals surface area contributed by atoms with Gasteiger partial charge >= 0.3 is 5.97 Å². The molecule has 508 valence electrons. The summed E-state index contributed by atoms with van der Waals surface area (Å²) in [7, 11) is 0. The van der Waals surface area contributed by atoms with Gasteiger partial charge in [0.05, 0.1) is 49.8 Å². The summed E-state index contributed by atoms with van der Waals surface area (Å²) in [6.07, 6.45) is -52.4. The Balaban J connectivity index is 0.961. The van der Waals surface area contributed by atoms with Crippen molar-refractivity contribution in [3.63, 3.8) is 0 Å². The van der Waals surface area contributed by atoms with Crippen LogP contribution < -0.4 is 0 Å². The SMILES string of the molecule is C=C1CC2CCC3[C@](C)(C(=O)OC4OC(CO)C(O)C(O)C4OC4OC(CO)C(O)C(O)C4OC4OC(CO)C(O)C(O)C4OC4OC(CO)C(O)C(O)C4O)CCC[C@@]3(C)[C@@H]2CCC1(S)C1OC(CO)C(O)C(O)C1OC1OC(CO)C(O)C(O)C1O. The van der Waals surface area contributed by atoms with Crippen molar-refractivity contribution in [3.05, 3.63) is 12.2 Å². The molecule has 88 heavy (non-hydrogen) atoms. The van der Waals surface area contributed by atoms with Crippen LogP contribution in [0.3, 0.4) is 0 Å². The van der Waals surface area contributed by atoms with Crippen molar-refractivity contribution in [1.29, 1.82) is 0 Å². The van der Waals surface area contributed by atoms with E-state index in [1.54, 1.807) is 6.92 Å². The molecule has 0 aromatic rings. The first-order valence-corrected chi connectivity index (χ1v) is 30.4. The summed E-state index contributed by atoms with van der Waals surface area (Å²) in [5.41, 5.74) is -1.45. The lowest BCUT2D eigenvalue weighted by molar-refractivity contribution is -0.405. The van der Waals surface area contributed by atoms with Crippen LogP contribution in [0.15, 0.2) is 12.2 Å². The van der Waals surface area contributed by atoms with Crippen molar-refractivity contribution in [2.24, 2.45) is 28.6 Å². The number of rotatable bonds is 17. The summed E-state index contributed by atoms with van der Waals surface area (Å²) in [5, 5.41) is 216. The third-order valence-corrected chi connectivity index (χ3v) is 21.3. The van der Waals surface area contributed by atoms with Crippen molar-refractivity contribution in [3.8, 4) is 0 Å². The Morgan fingerprint density at radius 2 is 0.818 bits per heavy atom. The predicted octanol–water partition coefficient (Wildman–Crippen LogP) is -9.28. The molecule has 0 bridgehead atoms. The van der Waals surface area contributed by atoms with Gasteiger partial charge in [0.15, 0.2) is 31.3 Å². The monoisotopic (exact) mass is 1290 g/mol. The Kier molecular flexibility index (Phi) is 22.8. The van der Waals surface area contributed by atoms with Crippen LogP contribution in [0.4, 0.5) is 0 Å². The maximum Gasteiger partial charge on any atom is 0.314 e. The van der Waals surface area contributed by atoms with Crippen LogP contribution in [0.25, 0.3) is 0 Å². The second-order valence-corrected chi connectivity index (χ2v) is 26.4. The highest BCUT2D eigenvalue weighted by Crippen LogP contribution is 2.65. The van der Waals surface area contributed by atoms with Gasteiger partial charge in [0.2, 0.25) is 6.29 Å². The summed E-state index contributed by atoms with van der Waals surface area (Å²) in [5.74, 6) is -1.56. The third kappa shape index (κ3) is 12.9. The molecule has 33 unspecified atom stereocenters. The Bertz CT molecular complexity index is 2320. The molecule has 36 atom stereocenters. The number of hydrogen-bond donors (Lipinski definition) is 21. The molecule has 33 heteroatoms. The van der Waals surface area contributed by atoms with Gasteiger partial charge in [0.25, 0.3) is 0 Å². The number of aliphatic hydroxyl groups excluding tert-OH is 20. The lowest BCUT2D eigenvalue weighted by atomic mass is 9.45. The quantitative estimate of drug-likeness (QED) is 0.0365. The van der Waals surface area contributed by atoms with E-state index in [9.17, 15) is 102 Å². The van der Waals surface area contributed by atoms with Crippen molar-refractivity contribution >= 4 is 18.6 Å². The molecule has 20 N–H and O–H groups in total. The maximum absolute atomic E-state index is 15.3. The molecule has 9 aliphatic rings. The van der Waals surface area contributed by atoms with Gasteiger partial charge in [-0.15, -0.1) is 0 Å². The Labute approximate surface area is 510 Å². The van der Waals surface area contributed by atoms with Gasteiger partial charge in [-0.25, -0.2) is 0 Å². The zero-order valence-corrected chi connectivity index (χ0v) is 49.3. The van der Waals surface area contributed by atoms with E-state index in [2.05, 4.69) is 13.5 Å². The fourth-order valence-electron chi connectivity index (χ4n) is 15.3. The van der Waals surface area contributed by atoms with E-state index in [-0.39, 0.29) is 24.7 Å². The molecule has 6 saturated heterocycles. The first-order valence-electron chi connectivity index (χ1n) is 29.9. The van der Waals surface area contributed by atoms with Crippen LogP contribution >= 0.6 is 12.6 Å². The highest BCUT2D eigenvalue weighted by atomic mass is 32.1. The van der Waals surface area contributed by atoms with E-state index < -0.39 is 251 Å². The van der Waals surface area contributed by atoms with Crippen LogP contribution in [-0.4, -0.2) is 337 Å². The molecule has 0 aromatic carbocycles. The first kappa shape index (κ1) is 70.7. The number of carbonyl (C=O) groups excluding carboxylic acids is 1. The number of fused-ring (bicyclic) bond motifs is 3. The molecule has 6 heterocycles. The van der Waals surface area contributed by atoms with Gasteiger partial charge < -0.3 is 154 Å². The summed E-state index contributed by atoms with van der Waals surface area (Å²) in [4.78, 5) is 15.3. The minimum absolute atomic E-state index is 0.0844. The topological polar surface area (TPSA) is 523 Å². The molecule has 0 radical (unpaired) electrons. The van der Waals surface area contributed by atoms with E-state index in [4.69, 9.17) is 64.7 Å². The van der Waals surface area contributed by atoms with E-state index in [0.29, 0.717) is 44.1 Å². The summed E-state index contributed by atoms with van der Waals surface area (Å²) in [6.45, 7) is 2.93. The summed E-state index contributed by atoms with van der Waals surface area (Å²) in [6, 6.07) is 0. The number of esters is 1. The molecule has 9 fully saturated rings. The lowest BCUT2D eigenvalue weighted by Gasteiger charge is -2.59. The maximum atomic E-state index is 15.3. The molecule has 0 amide bonds. The van der Waals surface area contributed by atoms with Crippen LogP contribution in [0.1, 0.15) is 65.2 Å². The smallest absolute Gasteiger partial charge is 0.314 e. The fraction of sp³-hybridized carbons (Fsp3) is 0.945. The third-order valence-electron chi connectivity index (χ3n) is 20.5. The van der Waals surface area contributed by atoms with Gasteiger partial charge in [0, 0.05) is 0 Å². The molecule has 9 rings (SSSR count). The van der Waals surface area contributed by atoms with Crippen molar-refractivity contribution in [2.45, 2.75) is 254 Å². The second-order valence-electron chi connectivity index (χ2n) is 25.6. The second kappa shape index (κ2) is 28.4. The molecule has 32 nitrogen and oxygen atoms in total. The molecule has 0 aromatic heterocycles. The zero-order valence-electron chi connectivity index (χ0n) is 48.4. The normalized spacial score (nSPS) is 53.8. The van der Waals surface area contributed by atoms with E-state index in [0.717, 1.165) is 0 Å². The number of aliphatic hydroxyl groups is 20. The summed E-state index contributed by atoms with van der Waals surface area (Å²) < 4.78 is 64.1. The highest BCUT2D eigenvalue weighted by molar-refractivity contribution is 7.82. The van der Waals surface area contributed by atoms with Gasteiger partial charge in [0.1, 0.15) is 146 Å². The average molecular weight is 1300 g/mol. The Morgan fingerprint density at radius 3 is 1.26 bits per heavy atom. The molecule has 6 aliphatic heterocycles. The molecule has 3 saturated carbocycles. The van der Waals surface area contributed by atoms with Crippen LogP contribution in [-0.2, 0) is 56.9 Å². The first-order chi connectivity index (χ1) is 41.6. The van der Waals surface area contributed by atoms with Crippen LogP contribution in [0, 0.1) is 28.6 Å². The van der Waals surface area contributed by atoms with E-state index in [1.807, 2.05) is 0 Å². The van der Waals surface area contributed by atoms with Crippen LogP contribution in [0.2, 0.25) is 0 Å². The van der Waals surface area contributed by atoms with Gasteiger partial charge in [-0.3, -0.25) is 4.79 Å². The van der Waals surface area contributed by atoms with Crippen molar-refractivity contribution < 1.29 is 159 Å². The predicted molar refractivity (Wildman–Crippen MR) is 289 cm³/mol. The number of hydrogen-bond acceptors (Lipinski definition) is 33. The van der Waals surface area contributed by atoms with Crippen LogP contribution in [0.5, 0.6) is 0 Å². The van der Waals surface area contributed by atoms with Gasteiger partial charge in [-0.1, -0.05) is 25.5 Å². The summed E-state index contributed by atoms with van der Waals surface area (Å²) >= 11 is 5.24. The van der Waals surface area contributed by atoms with E-state index in [1.165, 1.54) is 0 Å². The lowest BCUT2D eigenvalue weighted by Crippen LogP contribution is -2.68. The average Bonchev–Trinajstić information content (AvgIpc) is 1.23. The van der Waals surface area contributed by atoms with Gasteiger partial charge in [-0.05, 0) is 75.0 Å². The standard InChI is InChI=1S/C55H90O32S/c1-18-11-19-5-6-27-53(2,20(19)7-10-55(18,88)46-42(36(70)30(64)21(12-56)77-46)83-47-40(74)34(68)28(62)22(13-57)78-47)8-4-9-54(27,3)52(76)87-51-45(39(73)33(67)26(17-61)82-51)86-50-44(38(72)32(66)25(16-60)81-50)85-49-43(37(71)31(65)24(15-59)80-49)84-48-41(75)35(69)29(63)23(14-58)79-48/h19-51,56-75,88H,1,4-17H2,2-3H3/t19?,20-,21?,22?,23?,24?,25?,26?,27?,28?,29?,30?,31?,32?,33?,34?,35?,36?,37?,38?,39?,40?,41?,42?,43?,44?,45?,46?,47?,48?,49?,50?,51?,53+,54-,55?/m1/s1. The van der Waals surface area contributed by atoms with E-state index >= 15 is 4.79 Å². The Morgan fingerprint density at radius 1 is 0.455 bits per heavy atom. The Hall–Kier alpha value is -1.64. The van der Waals surface area contributed by atoms with Gasteiger partial charge in [-0.2, -0.15) is 12.6 Å². The minimum Gasteiger partial charge on any atom is -0.432 e.